The van der Waals surface area contributed by atoms with Gasteiger partial charge < -0.3 is 23.4 Å². The van der Waals surface area contributed by atoms with Crippen molar-refractivity contribution in [1.29, 1.82) is 0 Å². The van der Waals surface area contributed by atoms with Crippen LogP contribution in [0.5, 0.6) is 23.0 Å². The molecule has 34 heavy (non-hydrogen) atoms. The van der Waals surface area contributed by atoms with Crippen molar-refractivity contribution in [1.82, 2.24) is 9.55 Å². The van der Waals surface area contributed by atoms with Crippen LogP contribution in [0.3, 0.4) is 0 Å². The van der Waals surface area contributed by atoms with E-state index in [1.807, 2.05) is 6.92 Å². The Labute approximate surface area is 195 Å². The molecule has 4 rings (SSSR count). The molecule has 178 valence electrons. The minimum Gasteiger partial charge on any atom is -0.497 e. The summed E-state index contributed by atoms with van der Waals surface area (Å²) >= 11 is 0. The predicted molar refractivity (Wildman–Crippen MR) is 129 cm³/mol. The topological polar surface area (TPSA) is 102 Å². The van der Waals surface area contributed by atoms with Crippen molar-refractivity contribution in [2.45, 2.75) is 26.3 Å². The van der Waals surface area contributed by atoms with E-state index in [9.17, 15) is 9.59 Å². The summed E-state index contributed by atoms with van der Waals surface area (Å²) in [6.07, 6.45) is 1.58. The van der Waals surface area contributed by atoms with Crippen LogP contribution in [0, 0.1) is 0 Å². The van der Waals surface area contributed by atoms with Gasteiger partial charge in [-0.05, 0) is 30.7 Å². The first-order chi connectivity index (χ1) is 16.5. The minimum absolute atomic E-state index is 0.0488. The zero-order valence-corrected chi connectivity index (χ0v) is 19.8. The van der Waals surface area contributed by atoms with Gasteiger partial charge in [0.1, 0.15) is 17.2 Å². The number of unbranched alkanes of at least 4 members (excludes halogenated alkanes) is 1. The summed E-state index contributed by atoms with van der Waals surface area (Å²) in [5, 5.41) is 0.194. The summed E-state index contributed by atoms with van der Waals surface area (Å²) in [4.78, 5) is 31.5. The molecule has 0 aliphatic heterocycles. The van der Waals surface area contributed by atoms with Gasteiger partial charge in [-0.15, -0.1) is 0 Å². The molecule has 2 aromatic carbocycles. The van der Waals surface area contributed by atoms with Gasteiger partial charge in [0, 0.05) is 18.2 Å². The number of rotatable bonds is 8. The average Bonchev–Trinajstić information content (AvgIpc) is 2.86. The molecule has 0 radical (unpaired) electrons. The largest absolute Gasteiger partial charge is 0.497 e. The van der Waals surface area contributed by atoms with Gasteiger partial charge in [0.25, 0.3) is 5.56 Å². The Hall–Kier alpha value is -4.01. The molecule has 0 amide bonds. The molecule has 2 heterocycles. The fourth-order valence-electron chi connectivity index (χ4n) is 3.90. The highest BCUT2D eigenvalue weighted by molar-refractivity contribution is 5.89. The first-order valence-electron chi connectivity index (χ1n) is 10.8. The van der Waals surface area contributed by atoms with Crippen molar-refractivity contribution < 1.29 is 23.4 Å². The zero-order valence-electron chi connectivity index (χ0n) is 19.8. The minimum atomic E-state index is -0.464. The summed E-state index contributed by atoms with van der Waals surface area (Å²) in [5.74, 6) is 2.10. The molecule has 0 atom stereocenters. The lowest BCUT2D eigenvalue weighted by atomic mass is 10.1. The van der Waals surface area contributed by atoms with Crippen molar-refractivity contribution >= 4 is 22.1 Å². The third-order valence-corrected chi connectivity index (χ3v) is 5.66. The van der Waals surface area contributed by atoms with E-state index in [-0.39, 0.29) is 22.1 Å². The Bertz CT molecular complexity index is 1460. The van der Waals surface area contributed by atoms with Gasteiger partial charge in [0.05, 0.1) is 33.8 Å². The van der Waals surface area contributed by atoms with Crippen molar-refractivity contribution in [2.75, 3.05) is 28.4 Å². The maximum absolute atomic E-state index is 13.6. The number of aromatic nitrogens is 2. The van der Waals surface area contributed by atoms with Gasteiger partial charge in [-0.3, -0.25) is 14.2 Å². The molecule has 0 unspecified atom stereocenters. The standard InChI is InChI=1S/C25H26N2O7/c1-6-7-10-27-23(14-11-18(31-3)22(33-5)19(12-14)32-4)26-24-20(25(27)29)21(28)16-9-8-15(30-2)13-17(16)34-24/h8-9,11-13H,6-7,10H2,1-5H3. The van der Waals surface area contributed by atoms with E-state index in [0.29, 0.717) is 40.9 Å². The van der Waals surface area contributed by atoms with Crippen molar-refractivity contribution in [3.05, 3.63) is 50.9 Å². The van der Waals surface area contributed by atoms with Crippen LogP contribution in [0.15, 0.2) is 44.3 Å². The molecular weight excluding hydrogens is 440 g/mol. The van der Waals surface area contributed by atoms with Gasteiger partial charge in [-0.1, -0.05) is 13.3 Å². The summed E-state index contributed by atoms with van der Waals surface area (Å²) in [7, 11) is 6.06. The molecule has 0 bridgehead atoms. The summed E-state index contributed by atoms with van der Waals surface area (Å²) < 4.78 is 29.0. The summed E-state index contributed by atoms with van der Waals surface area (Å²) in [6, 6.07) is 8.25. The fourth-order valence-corrected chi connectivity index (χ4v) is 3.90. The lowest BCUT2D eigenvalue weighted by Gasteiger charge is -2.17. The Morgan fingerprint density at radius 3 is 2.24 bits per heavy atom. The first kappa shape index (κ1) is 23.2. The smallest absolute Gasteiger partial charge is 0.269 e. The van der Waals surface area contributed by atoms with Crippen LogP contribution in [0.1, 0.15) is 19.8 Å². The van der Waals surface area contributed by atoms with E-state index in [2.05, 4.69) is 4.98 Å². The fraction of sp³-hybridized carbons (Fsp3) is 0.320. The second-order valence-electron chi connectivity index (χ2n) is 7.63. The van der Waals surface area contributed by atoms with Gasteiger partial charge in [-0.2, -0.15) is 4.98 Å². The van der Waals surface area contributed by atoms with Gasteiger partial charge in [0.15, 0.2) is 16.9 Å². The SMILES string of the molecule is CCCCn1c(-c2cc(OC)c(OC)c(OC)c2)nc2oc3cc(OC)ccc3c(=O)c2c1=O. The number of nitrogens with zero attached hydrogens (tertiary/aromatic N) is 2. The highest BCUT2D eigenvalue weighted by Crippen LogP contribution is 2.41. The molecular formula is C25H26N2O7. The lowest BCUT2D eigenvalue weighted by Crippen LogP contribution is -2.27. The van der Waals surface area contributed by atoms with Crippen molar-refractivity contribution in [3.63, 3.8) is 0 Å². The Balaban J connectivity index is 2.09. The van der Waals surface area contributed by atoms with Gasteiger partial charge in [0.2, 0.25) is 16.9 Å². The first-order valence-corrected chi connectivity index (χ1v) is 10.8. The van der Waals surface area contributed by atoms with Crippen molar-refractivity contribution in [3.8, 4) is 34.4 Å². The highest BCUT2D eigenvalue weighted by atomic mass is 16.5. The number of benzene rings is 2. The van der Waals surface area contributed by atoms with Crippen LogP contribution >= 0.6 is 0 Å². The number of hydrogen-bond acceptors (Lipinski definition) is 8. The van der Waals surface area contributed by atoms with E-state index in [0.717, 1.165) is 12.8 Å². The van der Waals surface area contributed by atoms with Crippen LogP contribution in [0.25, 0.3) is 33.5 Å². The van der Waals surface area contributed by atoms with E-state index < -0.39 is 11.0 Å². The third kappa shape index (κ3) is 3.83. The molecule has 0 fully saturated rings. The monoisotopic (exact) mass is 466 g/mol. The van der Waals surface area contributed by atoms with Crippen LogP contribution in [-0.2, 0) is 6.54 Å². The second-order valence-corrected chi connectivity index (χ2v) is 7.63. The second kappa shape index (κ2) is 9.46. The molecule has 2 aromatic heterocycles. The molecule has 9 heteroatoms. The Morgan fingerprint density at radius 1 is 0.941 bits per heavy atom. The quantitative estimate of drug-likeness (QED) is 0.359. The maximum Gasteiger partial charge on any atom is 0.269 e. The highest BCUT2D eigenvalue weighted by Gasteiger charge is 2.22. The van der Waals surface area contributed by atoms with Crippen LogP contribution in [0.2, 0.25) is 0 Å². The van der Waals surface area contributed by atoms with Gasteiger partial charge >= 0.3 is 0 Å². The molecule has 0 saturated carbocycles. The molecule has 0 saturated heterocycles. The summed E-state index contributed by atoms with van der Waals surface area (Å²) in [5.41, 5.74) is -0.108. The van der Waals surface area contributed by atoms with Crippen molar-refractivity contribution in [2.24, 2.45) is 0 Å². The number of fused-ring (bicyclic) bond motifs is 2. The van der Waals surface area contributed by atoms with Crippen LogP contribution in [-0.4, -0.2) is 38.0 Å². The summed E-state index contributed by atoms with van der Waals surface area (Å²) in [6.45, 7) is 2.40. The Morgan fingerprint density at radius 2 is 1.65 bits per heavy atom. The number of methoxy groups -OCH3 is 4. The predicted octanol–water partition coefficient (Wildman–Crippen LogP) is 4.00. The van der Waals surface area contributed by atoms with E-state index in [1.54, 1.807) is 30.3 Å². The Kier molecular flexibility index (Phi) is 6.45. The normalized spacial score (nSPS) is 11.1. The zero-order chi connectivity index (χ0) is 24.4. The maximum atomic E-state index is 13.6. The molecule has 0 N–H and O–H groups in total. The van der Waals surface area contributed by atoms with E-state index >= 15 is 0 Å². The van der Waals surface area contributed by atoms with E-state index in [1.165, 1.54) is 33.0 Å². The van der Waals surface area contributed by atoms with Crippen LogP contribution < -0.4 is 29.9 Å². The molecule has 4 aromatic rings. The average molecular weight is 466 g/mol. The number of ether oxygens (including phenoxy) is 4. The molecule has 0 spiro atoms. The molecule has 0 aliphatic rings. The van der Waals surface area contributed by atoms with Crippen LogP contribution in [0.4, 0.5) is 0 Å². The molecule has 9 nitrogen and oxygen atoms in total. The van der Waals surface area contributed by atoms with Gasteiger partial charge in [-0.25, -0.2) is 0 Å². The third-order valence-electron chi connectivity index (χ3n) is 5.66. The molecule has 0 aliphatic carbocycles. The van der Waals surface area contributed by atoms with E-state index in [4.69, 9.17) is 23.4 Å². The number of hydrogen-bond donors (Lipinski definition) is 0. The lowest BCUT2D eigenvalue weighted by molar-refractivity contribution is 0.324.